The molecule has 1 aromatic carbocycles. The van der Waals surface area contributed by atoms with Gasteiger partial charge >= 0.3 is 5.97 Å². The van der Waals surface area contributed by atoms with Crippen LogP contribution in [0.15, 0.2) is 21.5 Å². The Morgan fingerprint density at radius 3 is 2.78 bits per heavy atom. The number of carboxylic acid groups (broad SMARTS) is 1. The molecule has 0 saturated heterocycles. The van der Waals surface area contributed by atoms with Gasteiger partial charge in [0.15, 0.2) is 0 Å². The Morgan fingerprint density at radius 2 is 2.28 bits per heavy atom. The molecular weight excluding hydrogens is 329 g/mol. The van der Waals surface area contributed by atoms with Gasteiger partial charge in [0.1, 0.15) is 5.82 Å². The Bertz CT molecular complexity index is 497. The lowest BCUT2D eigenvalue weighted by molar-refractivity contribution is -0.387. The lowest BCUT2D eigenvalue weighted by Crippen LogP contribution is -2.11. The average molecular weight is 338 g/mol. The maximum Gasteiger partial charge on any atom is 0.307 e. The number of hydrogen-bond acceptors (Lipinski definition) is 4. The summed E-state index contributed by atoms with van der Waals surface area (Å²) in [5, 5.41) is 19.5. The van der Waals surface area contributed by atoms with Gasteiger partial charge in [-0.2, -0.15) is 0 Å². The molecule has 18 heavy (non-hydrogen) atoms. The summed E-state index contributed by atoms with van der Waals surface area (Å²) in [6.45, 7) is 1.50. The number of benzene rings is 1. The first-order valence-electron chi connectivity index (χ1n) is 4.82. The zero-order chi connectivity index (χ0) is 13.9. The minimum Gasteiger partial charge on any atom is -0.481 e. The van der Waals surface area contributed by atoms with Crippen molar-refractivity contribution >= 4 is 39.3 Å². The van der Waals surface area contributed by atoms with E-state index in [1.165, 1.54) is 13.0 Å². The number of thioether (sulfide) groups is 1. The number of aliphatic carboxylic acids is 1. The number of halogens is 2. The average Bonchev–Trinajstić information content (AvgIpc) is 2.29. The van der Waals surface area contributed by atoms with E-state index in [-0.39, 0.29) is 20.8 Å². The van der Waals surface area contributed by atoms with Gasteiger partial charge in [-0.05, 0) is 22.0 Å². The molecule has 1 N–H and O–H groups in total. The van der Waals surface area contributed by atoms with Crippen molar-refractivity contribution in [2.24, 2.45) is 5.92 Å². The second-order valence-electron chi connectivity index (χ2n) is 3.54. The van der Waals surface area contributed by atoms with E-state index in [2.05, 4.69) is 15.9 Å². The predicted molar refractivity (Wildman–Crippen MR) is 68.3 cm³/mol. The molecule has 1 unspecified atom stereocenters. The van der Waals surface area contributed by atoms with Crippen LogP contribution in [0.4, 0.5) is 10.1 Å². The predicted octanol–water partition coefficient (Wildman–Crippen LogP) is 3.31. The standard InChI is InChI=1S/C10H9BrFNO4S/c1-5(10(14)15)4-18-9-2-6(11)7(12)3-8(9)13(16)17/h2-3,5H,4H2,1H3,(H,14,15). The van der Waals surface area contributed by atoms with Gasteiger partial charge in [-0.25, -0.2) is 4.39 Å². The summed E-state index contributed by atoms with van der Waals surface area (Å²) in [5.41, 5.74) is -0.363. The number of hydrogen-bond donors (Lipinski definition) is 1. The van der Waals surface area contributed by atoms with E-state index in [0.29, 0.717) is 0 Å². The molecule has 0 fully saturated rings. The van der Waals surface area contributed by atoms with E-state index in [0.717, 1.165) is 17.8 Å². The number of carbonyl (C=O) groups is 1. The molecule has 0 spiro atoms. The summed E-state index contributed by atoms with van der Waals surface area (Å²) >= 11 is 3.95. The fraction of sp³-hybridized carbons (Fsp3) is 0.300. The third kappa shape index (κ3) is 3.67. The highest BCUT2D eigenvalue weighted by Crippen LogP contribution is 2.34. The molecule has 98 valence electrons. The van der Waals surface area contributed by atoms with Gasteiger partial charge in [0.25, 0.3) is 5.69 Å². The normalized spacial score (nSPS) is 12.2. The first-order chi connectivity index (χ1) is 8.32. The molecule has 0 aliphatic rings. The number of nitrogens with zero attached hydrogens (tertiary/aromatic N) is 1. The van der Waals surface area contributed by atoms with Crippen LogP contribution in [0.3, 0.4) is 0 Å². The van der Waals surface area contributed by atoms with Crippen LogP contribution in [-0.4, -0.2) is 21.8 Å². The van der Waals surface area contributed by atoms with Crippen molar-refractivity contribution < 1.29 is 19.2 Å². The lowest BCUT2D eigenvalue weighted by atomic mass is 10.2. The Labute approximate surface area is 115 Å². The van der Waals surface area contributed by atoms with E-state index >= 15 is 0 Å². The minimum absolute atomic E-state index is 0.110. The zero-order valence-corrected chi connectivity index (χ0v) is 11.6. The lowest BCUT2D eigenvalue weighted by Gasteiger charge is -2.07. The molecular formula is C10H9BrFNO4S. The van der Waals surface area contributed by atoms with E-state index in [1.807, 2.05) is 0 Å². The summed E-state index contributed by atoms with van der Waals surface area (Å²) in [7, 11) is 0. The number of carboxylic acids is 1. The van der Waals surface area contributed by atoms with Crippen molar-refractivity contribution in [3.63, 3.8) is 0 Å². The highest BCUT2D eigenvalue weighted by molar-refractivity contribution is 9.10. The largest absolute Gasteiger partial charge is 0.481 e. The summed E-state index contributed by atoms with van der Waals surface area (Å²) in [5.74, 6) is -2.17. The van der Waals surface area contributed by atoms with E-state index in [9.17, 15) is 19.3 Å². The molecule has 0 aliphatic heterocycles. The van der Waals surface area contributed by atoms with Gasteiger partial charge < -0.3 is 5.11 Å². The fourth-order valence-electron chi connectivity index (χ4n) is 1.06. The number of rotatable bonds is 5. The third-order valence-corrected chi connectivity index (χ3v) is 4.02. The van der Waals surface area contributed by atoms with Crippen LogP contribution in [0.1, 0.15) is 6.92 Å². The Kier molecular flexibility index (Phi) is 5.09. The molecule has 5 nitrogen and oxygen atoms in total. The van der Waals surface area contributed by atoms with E-state index in [4.69, 9.17) is 5.11 Å². The molecule has 0 radical (unpaired) electrons. The molecule has 0 bridgehead atoms. The Morgan fingerprint density at radius 1 is 1.67 bits per heavy atom. The topological polar surface area (TPSA) is 80.4 Å². The zero-order valence-electron chi connectivity index (χ0n) is 9.22. The third-order valence-electron chi connectivity index (χ3n) is 2.11. The first kappa shape index (κ1) is 14.9. The van der Waals surface area contributed by atoms with Crippen LogP contribution in [0.5, 0.6) is 0 Å². The Balaban J connectivity index is 2.97. The molecule has 0 aromatic heterocycles. The van der Waals surface area contributed by atoms with Crippen molar-refractivity contribution in [3.05, 3.63) is 32.5 Å². The maximum absolute atomic E-state index is 13.2. The monoisotopic (exact) mass is 337 g/mol. The number of nitro benzene ring substituents is 1. The molecule has 0 heterocycles. The molecule has 8 heteroatoms. The summed E-state index contributed by atoms with van der Waals surface area (Å²) in [6, 6.07) is 2.10. The molecule has 1 atom stereocenters. The van der Waals surface area contributed by atoms with Crippen LogP contribution in [0.2, 0.25) is 0 Å². The van der Waals surface area contributed by atoms with Crippen molar-refractivity contribution in [1.29, 1.82) is 0 Å². The first-order valence-corrected chi connectivity index (χ1v) is 6.59. The van der Waals surface area contributed by atoms with Gasteiger partial charge in [0.2, 0.25) is 0 Å². The minimum atomic E-state index is -0.980. The van der Waals surface area contributed by atoms with Crippen LogP contribution in [0, 0.1) is 21.8 Å². The second kappa shape index (κ2) is 6.14. The smallest absolute Gasteiger partial charge is 0.307 e. The van der Waals surface area contributed by atoms with Crippen LogP contribution in [0.25, 0.3) is 0 Å². The van der Waals surface area contributed by atoms with E-state index in [1.54, 1.807) is 0 Å². The fourth-order valence-corrected chi connectivity index (χ4v) is 2.61. The molecule has 1 rings (SSSR count). The summed E-state index contributed by atoms with van der Waals surface area (Å²) < 4.78 is 13.3. The highest BCUT2D eigenvalue weighted by atomic mass is 79.9. The van der Waals surface area contributed by atoms with Crippen molar-refractivity contribution in [2.45, 2.75) is 11.8 Å². The van der Waals surface area contributed by atoms with Gasteiger partial charge in [-0.15, -0.1) is 11.8 Å². The highest BCUT2D eigenvalue weighted by Gasteiger charge is 2.20. The number of nitro groups is 1. The maximum atomic E-state index is 13.2. The van der Waals surface area contributed by atoms with Gasteiger partial charge in [0, 0.05) is 5.75 Å². The quantitative estimate of drug-likeness (QED) is 0.506. The molecule has 1 aromatic rings. The van der Waals surface area contributed by atoms with Crippen molar-refractivity contribution in [2.75, 3.05) is 5.75 Å². The van der Waals surface area contributed by atoms with Crippen LogP contribution >= 0.6 is 27.7 Å². The summed E-state index contributed by atoms with van der Waals surface area (Å²) in [6.07, 6.45) is 0. The second-order valence-corrected chi connectivity index (χ2v) is 5.46. The van der Waals surface area contributed by atoms with Gasteiger partial charge in [-0.3, -0.25) is 14.9 Å². The molecule has 0 amide bonds. The molecule has 0 saturated carbocycles. The van der Waals surface area contributed by atoms with Crippen LogP contribution < -0.4 is 0 Å². The Hall–Kier alpha value is -1.15. The van der Waals surface area contributed by atoms with Crippen molar-refractivity contribution in [1.82, 2.24) is 0 Å². The van der Waals surface area contributed by atoms with Gasteiger partial charge in [-0.1, -0.05) is 6.92 Å². The summed E-state index contributed by atoms with van der Waals surface area (Å²) in [4.78, 5) is 20.9. The van der Waals surface area contributed by atoms with Crippen molar-refractivity contribution in [3.8, 4) is 0 Å². The molecule has 0 aliphatic carbocycles. The van der Waals surface area contributed by atoms with Crippen LogP contribution in [-0.2, 0) is 4.79 Å². The SMILES string of the molecule is CC(CSc1cc(Br)c(F)cc1[N+](=O)[O-])C(=O)O. The van der Waals surface area contributed by atoms with Gasteiger partial charge in [0.05, 0.1) is 26.3 Å². The van der Waals surface area contributed by atoms with E-state index < -0.39 is 22.6 Å².